The Morgan fingerprint density at radius 2 is 1.96 bits per heavy atom. The van der Waals surface area contributed by atoms with Gasteiger partial charge in [0.25, 0.3) is 5.91 Å². The van der Waals surface area contributed by atoms with E-state index in [0.717, 1.165) is 68.4 Å². The molecule has 0 saturated carbocycles. The molecule has 3 rings (SSSR count). The fourth-order valence-electron chi connectivity index (χ4n) is 4.07. The highest BCUT2D eigenvalue weighted by Crippen LogP contribution is 2.38. The second kappa shape index (κ2) is 8.87. The van der Waals surface area contributed by atoms with Gasteiger partial charge in [0.1, 0.15) is 5.00 Å². The van der Waals surface area contributed by atoms with Crippen LogP contribution in [0.5, 0.6) is 0 Å². The van der Waals surface area contributed by atoms with Crippen molar-refractivity contribution in [3.05, 3.63) is 16.0 Å². The lowest BCUT2D eigenvalue weighted by Crippen LogP contribution is -2.45. The molecule has 1 aromatic rings. The van der Waals surface area contributed by atoms with E-state index in [2.05, 4.69) is 12.2 Å². The third-order valence-corrected chi connectivity index (χ3v) is 6.62. The summed E-state index contributed by atoms with van der Waals surface area (Å²) in [4.78, 5) is 39.9. The lowest BCUT2D eigenvalue weighted by atomic mass is 9.95. The Labute approximate surface area is 164 Å². The van der Waals surface area contributed by atoms with Crippen molar-refractivity contribution >= 4 is 34.1 Å². The molecule has 1 fully saturated rings. The Morgan fingerprint density at radius 1 is 1.19 bits per heavy atom. The van der Waals surface area contributed by atoms with E-state index in [4.69, 9.17) is 4.74 Å². The number of amides is 2. The van der Waals surface area contributed by atoms with Crippen LogP contribution in [0.25, 0.3) is 0 Å². The van der Waals surface area contributed by atoms with E-state index in [1.807, 2.05) is 4.90 Å². The molecule has 1 N–H and O–H groups in total. The molecule has 1 saturated heterocycles. The predicted octanol–water partition coefficient (Wildman–Crippen LogP) is 3.53. The molecule has 27 heavy (non-hydrogen) atoms. The first-order valence-electron chi connectivity index (χ1n) is 9.90. The topological polar surface area (TPSA) is 75.7 Å². The predicted molar refractivity (Wildman–Crippen MR) is 105 cm³/mol. The molecule has 7 heteroatoms. The first kappa shape index (κ1) is 19.9. The number of esters is 1. The zero-order valence-corrected chi connectivity index (χ0v) is 17.0. The minimum absolute atomic E-state index is 0.125. The molecule has 1 aromatic heterocycles. The molecule has 148 valence electrons. The van der Waals surface area contributed by atoms with Crippen LogP contribution in [-0.2, 0) is 27.2 Å². The number of fused-ring (bicyclic) bond motifs is 1. The van der Waals surface area contributed by atoms with Gasteiger partial charge in [0.15, 0.2) is 6.61 Å². The normalized spacial score (nSPS) is 19.3. The van der Waals surface area contributed by atoms with Crippen molar-refractivity contribution in [2.75, 3.05) is 18.5 Å². The van der Waals surface area contributed by atoms with Crippen LogP contribution >= 0.6 is 11.3 Å². The molecule has 0 unspecified atom stereocenters. The number of carbonyl (C=O) groups is 3. The Balaban J connectivity index is 1.71. The second-order valence-corrected chi connectivity index (χ2v) is 8.42. The van der Waals surface area contributed by atoms with Gasteiger partial charge in [-0.15, -0.1) is 11.3 Å². The molecule has 2 amide bonds. The summed E-state index contributed by atoms with van der Waals surface area (Å²) in [6, 6.07) is 0.244. The van der Waals surface area contributed by atoms with Crippen LogP contribution in [0.2, 0.25) is 0 Å². The number of rotatable bonds is 5. The quantitative estimate of drug-likeness (QED) is 0.778. The molecule has 0 aromatic carbocycles. The van der Waals surface area contributed by atoms with Gasteiger partial charge in [-0.05, 0) is 56.9 Å². The van der Waals surface area contributed by atoms with Crippen LogP contribution in [0, 0.1) is 0 Å². The first-order chi connectivity index (χ1) is 13.0. The fraction of sp³-hybridized carbons (Fsp3) is 0.650. The lowest BCUT2D eigenvalue weighted by Gasteiger charge is -2.35. The van der Waals surface area contributed by atoms with Crippen LogP contribution in [0.1, 0.15) is 73.2 Å². The molecule has 0 radical (unpaired) electrons. The lowest BCUT2D eigenvalue weighted by molar-refractivity contribution is -0.138. The minimum Gasteiger partial charge on any atom is -0.452 e. The van der Waals surface area contributed by atoms with Gasteiger partial charge in [0.2, 0.25) is 5.91 Å². The zero-order valence-electron chi connectivity index (χ0n) is 16.1. The highest BCUT2D eigenvalue weighted by Gasteiger charge is 2.29. The number of likely N-dealkylation sites (tertiary alicyclic amines) is 1. The van der Waals surface area contributed by atoms with E-state index in [-0.39, 0.29) is 24.5 Å². The third-order valence-electron chi connectivity index (χ3n) is 5.41. The Kier molecular flexibility index (Phi) is 6.52. The standard InChI is InChI=1S/C20H28N2O4S/c1-3-14-8-6-7-11-22(14)17(24)12-26-20(25)18-15-9-4-5-10-16(15)27-19(18)21-13(2)23/h14H,3-12H2,1-2H3,(H,21,23)/t14-/m1/s1. The SMILES string of the molecule is CC[C@@H]1CCCCN1C(=O)COC(=O)c1c(NC(C)=O)sc2c1CCCC2. The van der Waals surface area contributed by atoms with Crippen molar-refractivity contribution in [1.82, 2.24) is 4.90 Å². The van der Waals surface area contributed by atoms with Gasteiger partial charge in [-0.3, -0.25) is 9.59 Å². The van der Waals surface area contributed by atoms with Gasteiger partial charge < -0.3 is 15.0 Å². The van der Waals surface area contributed by atoms with Crippen molar-refractivity contribution in [2.24, 2.45) is 0 Å². The van der Waals surface area contributed by atoms with Crippen LogP contribution < -0.4 is 5.32 Å². The minimum atomic E-state index is -0.503. The number of aryl methyl sites for hydroxylation is 1. The number of hydrogen-bond donors (Lipinski definition) is 1. The van der Waals surface area contributed by atoms with E-state index in [1.165, 1.54) is 18.3 Å². The number of nitrogens with zero attached hydrogens (tertiary/aromatic N) is 1. The summed E-state index contributed by atoms with van der Waals surface area (Å²) in [5.74, 6) is -0.838. The zero-order chi connectivity index (χ0) is 19.4. The number of thiophene rings is 1. The molecule has 1 atom stereocenters. The van der Waals surface area contributed by atoms with Crippen molar-refractivity contribution in [2.45, 2.75) is 71.3 Å². The fourth-order valence-corrected chi connectivity index (χ4v) is 5.39. The maximum atomic E-state index is 12.8. The van der Waals surface area contributed by atoms with Crippen LogP contribution in [0.4, 0.5) is 5.00 Å². The van der Waals surface area contributed by atoms with Gasteiger partial charge in [0, 0.05) is 24.4 Å². The van der Waals surface area contributed by atoms with E-state index < -0.39 is 5.97 Å². The third kappa shape index (κ3) is 4.51. The summed E-state index contributed by atoms with van der Waals surface area (Å²) in [6.45, 7) is 4.01. The number of nitrogens with one attached hydrogen (secondary N) is 1. The van der Waals surface area contributed by atoms with Gasteiger partial charge in [0.05, 0.1) is 5.56 Å². The second-order valence-electron chi connectivity index (χ2n) is 7.32. The largest absolute Gasteiger partial charge is 0.452 e. The number of piperidine rings is 1. The molecule has 0 bridgehead atoms. The highest BCUT2D eigenvalue weighted by atomic mass is 32.1. The molecule has 0 spiro atoms. The Morgan fingerprint density at radius 3 is 2.70 bits per heavy atom. The average molecular weight is 393 g/mol. The van der Waals surface area contributed by atoms with Gasteiger partial charge in [-0.2, -0.15) is 0 Å². The van der Waals surface area contributed by atoms with Crippen molar-refractivity contribution in [1.29, 1.82) is 0 Å². The van der Waals surface area contributed by atoms with Gasteiger partial charge >= 0.3 is 5.97 Å². The summed E-state index contributed by atoms with van der Waals surface area (Å²) in [7, 11) is 0. The average Bonchev–Trinajstić information content (AvgIpc) is 3.02. The molecule has 2 aliphatic rings. The summed E-state index contributed by atoms with van der Waals surface area (Å²) >= 11 is 1.46. The summed E-state index contributed by atoms with van der Waals surface area (Å²) in [5.41, 5.74) is 1.43. The summed E-state index contributed by atoms with van der Waals surface area (Å²) in [5, 5.41) is 3.31. The molecular formula is C20H28N2O4S. The maximum absolute atomic E-state index is 12.8. The number of hydrogen-bond acceptors (Lipinski definition) is 5. The molecule has 6 nitrogen and oxygen atoms in total. The van der Waals surface area contributed by atoms with Crippen LogP contribution in [0.3, 0.4) is 0 Å². The van der Waals surface area contributed by atoms with Crippen molar-refractivity contribution in [3.8, 4) is 0 Å². The number of ether oxygens (including phenoxy) is 1. The van der Waals surface area contributed by atoms with Gasteiger partial charge in [-0.1, -0.05) is 6.92 Å². The maximum Gasteiger partial charge on any atom is 0.341 e. The monoisotopic (exact) mass is 392 g/mol. The summed E-state index contributed by atoms with van der Waals surface area (Å²) < 4.78 is 5.41. The molecule has 1 aliphatic carbocycles. The smallest absolute Gasteiger partial charge is 0.341 e. The Bertz CT molecular complexity index is 728. The molecule has 2 heterocycles. The Hall–Kier alpha value is -1.89. The molecule has 1 aliphatic heterocycles. The highest BCUT2D eigenvalue weighted by molar-refractivity contribution is 7.17. The number of carbonyl (C=O) groups excluding carboxylic acids is 3. The van der Waals surface area contributed by atoms with E-state index in [1.54, 1.807) is 0 Å². The van der Waals surface area contributed by atoms with E-state index >= 15 is 0 Å². The van der Waals surface area contributed by atoms with Gasteiger partial charge in [-0.25, -0.2) is 4.79 Å². The van der Waals surface area contributed by atoms with Crippen molar-refractivity contribution < 1.29 is 19.1 Å². The molecular weight excluding hydrogens is 364 g/mol. The van der Waals surface area contributed by atoms with Crippen LogP contribution in [0.15, 0.2) is 0 Å². The number of anilines is 1. The first-order valence-corrected chi connectivity index (χ1v) is 10.7. The van der Waals surface area contributed by atoms with Crippen LogP contribution in [-0.4, -0.2) is 41.9 Å². The van der Waals surface area contributed by atoms with E-state index in [9.17, 15) is 14.4 Å². The van der Waals surface area contributed by atoms with Crippen molar-refractivity contribution in [3.63, 3.8) is 0 Å². The summed E-state index contributed by atoms with van der Waals surface area (Å²) in [6.07, 6.45) is 7.93. The van der Waals surface area contributed by atoms with E-state index in [0.29, 0.717) is 10.6 Å².